The van der Waals surface area contributed by atoms with E-state index in [-0.39, 0.29) is 28.3 Å². The maximum atomic E-state index is 8.89. The Morgan fingerprint density at radius 1 is 0.737 bits per heavy atom. The number of carboxylic acid groups (broad SMARTS) is 2. The molecule has 0 saturated carbocycles. The normalized spacial score (nSPS) is 9.26. The molecule has 0 rings (SSSR count). The number of carbonyl (C=O) groups is 2. The van der Waals surface area contributed by atoms with Gasteiger partial charge in [-0.05, 0) is 30.8 Å². The standard InChI is InChI=1S/C9H21P.2C2H4O2.Pd/c1-7(2)10(8(3)4)9(5)6;2*1-2(3)4;/h7-9H,1-6H3;2*1H3,(H,3,4);/q;;;+2/p-2. The Morgan fingerprint density at radius 3 is 0.842 bits per heavy atom. The van der Waals surface area contributed by atoms with Gasteiger partial charge in [-0.15, -0.1) is 0 Å². The molecule has 19 heavy (non-hydrogen) atoms. The molecule has 0 amide bonds. The van der Waals surface area contributed by atoms with Gasteiger partial charge in [0.2, 0.25) is 0 Å². The number of aliphatic carboxylic acids is 2. The van der Waals surface area contributed by atoms with Crippen molar-refractivity contribution in [2.45, 2.75) is 72.4 Å². The number of carboxylic acids is 2. The molecule has 0 N–H and O–H groups in total. The Kier molecular flexibility index (Phi) is 23.2. The summed E-state index contributed by atoms with van der Waals surface area (Å²) in [5, 5.41) is 17.8. The third-order valence-corrected chi connectivity index (χ3v) is 5.37. The van der Waals surface area contributed by atoms with Crippen LogP contribution in [0, 0.1) is 0 Å². The second-order valence-electron chi connectivity index (χ2n) is 4.71. The van der Waals surface area contributed by atoms with Gasteiger partial charge < -0.3 is 19.8 Å². The molecule has 0 saturated heterocycles. The number of hydrogen-bond donors (Lipinski definition) is 0. The summed E-state index contributed by atoms with van der Waals surface area (Å²) in [6.07, 6.45) is 0. The molecule has 0 unspecified atom stereocenters. The fourth-order valence-corrected chi connectivity index (χ4v) is 5.37. The monoisotopic (exact) mass is 384 g/mol. The average molecular weight is 385 g/mol. The molecule has 0 aromatic rings. The zero-order chi connectivity index (χ0) is 15.5. The summed E-state index contributed by atoms with van der Waals surface area (Å²) < 4.78 is 0. The minimum atomic E-state index is -1.08. The smallest absolute Gasteiger partial charge is 0.550 e. The van der Waals surface area contributed by atoms with Crippen molar-refractivity contribution in [3.8, 4) is 0 Å². The van der Waals surface area contributed by atoms with Crippen molar-refractivity contribution in [1.82, 2.24) is 0 Å². The Labute approximate surface area is 132 Å². The predicted octanol–water partition coefficient (Wildman–Crippen LogP) is 1.20. The van der Waals surface area contributed by atoms with Gasteiger partial charge in [0.25, 0.3) is 0 Å². The zero-order valence-corrected chi connectivity index (χ0v) is 15.6. The Balaban J connectivity index is -0.000000105. The number of rotatable bonds is 3. The van der Waals surface area contributed by atoms with Gasteiger partial charge in [-0.1, -0.05) is 49.5 Å². The van der Waals surface area contributed by atoms with E-state index in [1.54, 1.807) is 0 Å². The molecule has 0 aromatic heterocycles. The van der Waals surface area contributed by atoms with Gasteiger partial charge in [0, 0.05) is 11.9 Å². The Morgan fingerprint density at radius 2 is 0.842 bits per heavy atom. The molecule has 0 fully saturated rings. The Bertz CT molecular complexity index is 192. The van der Waals surface area contributed by atoms with Crippen molar-refractivity contribution >= 4 is 19.9 Å². The summed E-state index contributed by atoms with van der Waals surface area (Å²) in [7, 11) is 0.262. The first-order valence-corrected chi connectivity index (χ1v) is 7.60. The van der Waals surface area contributed by atoms with Gasteiger partial charge in [0.15, 0.2) is 0 Å². The van der Waals surface area contributed by atoms with E-state index >= 15 is 0 Å². The van der Waals surface area contributed by atoms with Gasteiger partial charge >= 0.3 is 20.4 Å². The van der Waals surface area contributed by atoms with Crippen molar-refractivity contribution in [2.75, 3.05) is 0 Å². The number of hydrogen-bond acceptors (Lipinski definition) is 4. The largest absolute Gasteiger partial charge is 2.00 e. The van der Waals surface area contributed by atoms with Crippen LogP contribution in [0.3, 0.4) is 0 Å². The van der Waals surface area contributed by atoms with Crippen molar-refractivity contribution < 1.29 is 40.2 Å². The fourth-order valence-electron chi connectivity index (χ4n) is 1.79. The quantitative estimate of drug-likeness (QED) is 0.541. The van der Waals surface area contributed by atoms with Gasteiger partial charge in [-0.2, -0.15) is 0 Å². The SMILES string of the molecule is CC(=O)[O-].CC(=O)[O-].CC(C)P(C(C)C)C(C)C.[Pd+2]. The minimum absolute atomic E-state index is 0. The second-order valence-corrected chi connectivity index (χ2v) is 8.70. The van der Waals surface area contributed by atoms with Gasteiger partial charge in [0.1, 0.15) is 0 Å². The fraction of sp³-hybridized carbons (Fsp3) is 0.846. The van der Waals surface area contributed by atoms with Crippen LogP contribution in [0.4, 0.5) is 0 Å². The summed E-state index contributed by atoms with van der Waals surface area (Å²) in [6, 6.07) is 0. The van der Waals surface area contributed by atoms with E-state index < -0.39 is 11.9 Å². The second kappa shape index (κ2) is 16.1. The van der Waals surface area contributed by atoms with Crippen LogP contribution in [-0.2, 0) is 30.0 Å². The topological polar surface area (TPSA) is 80.3 Å². The molecule has 6 heteroatoms. The molecule has 0 atom stereocenters. The van der Waals surface area contributed by atoms with Crippen LogP contribution in [0.1, 0.15) is 55.4 Å². The van der Waals surface area contributed by atoms with E-state index in [4.69, 9.17) is 19.8 Å². The van der Waals surface area contributed by atoms with E-state index in [1.807, 2.05) is 0 Å². The van der Waals surface area contributed by atoms with E-state index in [9.17, 15) is 0 Å². The first-order valence-electron chi connectivity index (χ1n) is 6.06. The zero-order valence-electron chi connectivity index (χ0n) is 13.1. The predicted molar refractivity (Wildman–Crippen MR) is 73.7 cm³/mol. The molecule has 4 nitrogen and oxygen atoms in total. The van der Waals surface area contributed by atoms with Crippen molar-refractivity contribution in [3.63, 3.8) is 0 Å². The summed E-state index contributed by atoms with van der Waals surface area (Å²) in [6.45, 7) is 16.1. The molecule has 0 aliphatic rings. The van der Waals surface area contributed by atoms with Crippen LogP contribution in [0.25, 0.3) is 0 Å². The van der Waals surface area contributed by atoms with Gasteiger partial charge in [-0.25, -0.2) is 0 Å². The first-order chi connectivity index (χ1) is 7.93. The van der Waals surface area contributed by atoms with Crippen molar-refractivity contribution in [2.24, 2.45) is 0 Å². The summed E-state index contributed by atoms with van der Waals surface area (Å²) in [5.41, 5.74) is 2.69. The first kappa shape index (κ1) is 27.4. The maximum Gasteiger partial charge on any atom is 2.00 e. The molecule has 0 aromatic carbocycles. The summed E-state index contributed by atoms with van der Waals surface area (Å²) in [4.78, 5) is 17.8. The van der Waals surface area contributed by atoms with Crippen molar-refractivity contribution in [1.29, 1.82) is 0 Å². The number of carbonyl (C=O) groups excluding carboxylic acids is 2. The van der Waals surface area contributed by atoms with E-state index in [0.717, 1.165) is 30.8 Å². The van der Waals surface area contributed by atoms with Gasteiger partial charge in [0.05, 0.1) is 0 Å². The molecule has 0 heterocycles. The van der Waals surface area contributed by atoms with Crippen LogP contribution in [0.15, 0.2) is 0 Å². The molecular weight excluding hydrogens is 358 g/mol. The van der Waals surface area contributed by atoms with Crippen LogP contribution >= 0.6 is 7.92 Å². The molecule has 118 valence electrons. The van der Waals surface area contributed by atoms with Crippen molar-refractivity contribution in [3.05, 3.63) is 0 Å². The minimum Gasteiger partial charge on any atom is -0.550 e. The maximum absolute atomic E-state index is 8.89. The summed E-state index contributed by atoms with van der Waals surface area (Å²) in [5.74, 6) is -2.17. The Hall–Kier alpha value is 0.0323. The third kappa shape index (κ3) is 32.0. The molecular formula is C13H27O4PPd. The van der Waals surface area contributed by atoms with E-state index in [2.05, 4.69) is 41.5 Å². The average Bonchev–Trinajstić information content (AvgIpc) is 1.96. The van der Waals surface area contributed by atoms with Crippen LogP contribution in [0.2, 0.25) is 0 Å². The summed E-state index contributed by atoms with van der Waals surface area (Å²) >= 11 is 0. The van der Waals surface area contributed by atoms with Crippen LogP contribution in [0.5, 0.6) is 0 Å². The molecule has 0 aliphatic carbocycles. The third-order valence-electron chi connectivity index (χ3n) is 1.79. The van der Waals surface area contributed by atoms with E-state index in [0.29, 0.717) is 0 Å². The molecule has 0 bridgehead atoms. The molecule has 0 aliphatic heterocycles. The van der Waals surface area contributed by atoms with E-state index in [1.165, 1.54) is 0 Å². The van der Waals surface area contributed by atoms with Crippen LogP contribution < -0.4 is 10.2 Å². The van der Waals surface area contributed by atoms with Crippen LogP contribution in [-0.4, -0.2) is 28.9 Å². The molecule has 0 radical (unpaired) electrons. The van der Waals surface area contributed by atoms with Gasteiger partial charge in [-0.3, -0.25) is 0 Å². The molecule has 0 spiro atoms.